The van der Waals surface area contributed by atoms with Crippen LogP contribution in [0, 0.1) is 0 Å². The van der Waals surface area contributed by atoms with Gasteiger partial charge < -0.3 is 15.8 Å². The molecule has 0 radical (unpaired) electrons. The van der Waals surface area contributed by atoms with Crippen LogP contribution in [0.15, 0.2) is 0 Å². The molecular formula is C15H33N3O2. The van der Waals surface area contributed by atoms with E-state index in [9.17, 15) is 4.79 Å². The minimum Gasteiger partial charge on any atom is -0.444 e. The predicted molar refractivity (Wildman–Crippen MR) is 83.8 cm³/mol. The second kappa shape index (κ2) is 9.19. The van der Waals surface area contributed by atoms with E-state index in [4.69, 9.17) is 10.5 Å². The number of alkyl carbamates (subject to hydrolysis) is 1. The summed E-state index contributed by atoms with van der Waals surface area (Å²) in [4.78, 5) is 14.2. The van der Waals surface area contributed by atoms with Gasteiger partial charge in [-0.3, -0.25) is 4.90 Å². The van der Waals surface area contributed by atoms with Crippen LogP contribution in [0.25, 0.3) is 0 Å². The third-order valence-corrected chi connectivity index (χ3v) is 3.05. The SMILES string of the molecule is CCCN(CCC)C(CN)C(C)NC(=O)OC(C)(C)C. The Morgan fingerprint density at radius 3 is 2.10 bits per heavy atom. The van der Waals surface area contributed by atoms with Crippen molar-refractivity contribution in [3.63, 3.8) is 0 Å². The summed E-state index contributed by atoms with van der Waals surface area (Å²) in [5.74, 6) is 0. The highest BCUT2D eigenvalue weighted by Gasteiger charge is 2.25. The molecule has 0 aliphatic heterocycles. The Morgan fingerprint density at radius 2 is 1.75 bits per heavy atom. The predicted octanol–water partition coefficient (Wildman–Crippen LogP) is 2.35. The molecule has 0 aromatic rings. The zero-order valence-electron chi connectivity index (χ0n) is 14.0. The Bertz CT molecular complexity index is 271. The first-order valence-corrected chi connectivity index (χ1v) is 7.68. The maximum absolute atomic E-state index is 11.8. The number of nitrogens with one attached hydrogen (secondary N) is 1. The minimum atomic E-state index is -0.478. The number of ether oxygens (including phenoxy) is 1. The van der Waals surface area contributed by atoms with Crippen molar-refractivity contribution in [3.05, 3.63) is 0 Å². The lowest BCUT2D eigenvalue weighted by molar-refractivity contribution is 0.0470. The van der Waals surface area contributed by atoms with Crippen LogP contribution in [0.1, 0.15) is 54.4 Å². The first-order valence-electron chi connectivity index (χ1n) is 7.68. The summed E-state index contributed by atoms with van der Waals surface area (Å²) in [6.07, 6.45) is 1.78. The molecule has 0 fully saturated rings. The Labute approximate surface area is 124 Å². The molecule has 0 saturated carbocycles. The van der Waals surface area contributed by atoms with Crippen LogP contribution in [0.5, 0.6) is 0 Å². The molecule has 5 heteroatoms. The van der Waals surface area contributed by atoms with Crippen molar-refractivity contribution in [2.24, 2.45) is 5.73 Å². The topological polar surface area (TPSA) is 67.6 Å². The van der Waals surface area contributed by atoms with E-state index >= 15 is 0 Å². The van der Waals surface area contributed by atoms with Gasteiger partial charge in [-0.1, -0.05) is 13.8 Å². The Hall–Kier alpha value is -0.810. The van der Waals surface area contributed by atoms with Crippen molar-refractivity contribution in [1.29, 1.82) is 0 Å². The average Bonchev–Trinajstić information content (AvgIpc) is 2.27. The number of hydrogen-bond donors (Lipinski definition) is 2. The lowest BCUT2D eigenvalue weighted by Crippen LogP contribution is -2.54. The van der Waals surface area contributed by atoms with E-state index in [2.05, 4.69) is 24.1 Å². The lowest BCUT2D eigenvalue weighted by atomic mass is 10.1. The third-order valence-electron chi connectivity index (χ3n) is 3.05. The molecule has 1 amide bonds. The second-order valence-corrected chi connectivity index (χ2v) is 6.27. The maximum atomic E-state index is 11.8. The van der Waals surface area contributed by atoms with Gasteiger partial charge in [-0.25, -0.2) is 4.79 Å². The number of hydrogen-bond acceptors (Lipinski definition) is 4. The molecule has 0 saturated heterocycles. The molecule has 0 aromatic heterocycles. The quantitative estimate of drug-likeness (QED) is 0.719. The second-order valence-electron chi connectivity index (χ2n) is 6.27. The van der Waals surface area contributed by atoms with E-state index in [1.807, 2.05) is 27.7 Å². The normalized spacial score (nSPS) is 15.0. The molecule has 0 rings (SSSR count). The maximum Gasteiger partial charge on any atom is 0.407 e. The first kappa shape index (κ1) is 19.2. The van der Waals surface area contributed by atoms with Crippen LogP contribution in [0.3, 0.4) is 0 Å². The Balaban J connectivity index is 4.58. The third kappa shape index (κ3) is 7.70. The number of rotatable bonds is 8. The van der Waals surface area contributed by atoms with Crippen molar-refractivity contribution >= 4 is 6.09 Å². The highest BCUT2D eigenvalue weighted by atomic mass is 16.6. The van der Waals surface area contributed by atoms with Gasteiger partial charge in [0.05, 0.1) is 0 Å². The summed E-state index contributed by atoms with van der Waals surface area (Å²) in [6.45, 7) is 14.4. The average molecular weight is 287 g/mol. The van der Waals surface area contributed by atoms with Crippen LogP contribution < -0.4 is 11.1 Å². The van der Waals surface area contributed by atoms with E-state index in [-0.39, 0.29) is 18.2 Å². The van der Waals surface area contributed by atoms with Gasteiger partial charge in [-0.05, 0) is 53.6 Å². The van der Waals surface area contributed by atoms with Crippen molar-refractivity contribution in [2.75, 3.05) is 19.6 Å². The number of carbonyl (C=O) groups is 1. The van der Waals surface area contributed by atoms with Gasteiger partial charge in [-0.15, -0.1) is 0 Å². The van der Waals surface area contributed by atoms with Crippen LogP contribution in [0.2, 0.25) is 0 Å². The van der Waals surface area contributed by atoms with Gasteiger partial charge >= 0.3 is 6.09 Å². The smallest absolute Gasteiger partial charge is 0.407 e. The van der Waals surface area contributed by atoms with Crippen LogP contribution in [-0.2, 0) is 4.74 Å². The first-order chi connectivity index (χ1) is 9.25. The molecule has 120 valence electrons. The van der Waals surface area contributed by atoms with Crippen LogP contribution in [-0.4, -0.2) is 48.3 Å². The van der Waals surface area contributed by atoms with Gasteiger partial charge in [0.25, 0.3) is 0 Å². The number of amides is 1. The highest BCUT2D eigenvalue weighted by Crippen LogP contribution is 2.09. The highest BCUT2D eigenvalue weighted by molar-refractivity contribution is 5.68. The van der Waals surface area contributed by atoms with E-state index in [1.54, 1.807) is 0 Å². The number of nitrogens with two attached hydrogens (primary N) is 1. The molecule has 0 aliphatic carbocycles. The van der Waals surface area contributed by atoms with E-state index in [0.29, 0.717) is 6.54 Å². The van der Waals surface area contributed by atoms with Crippen molar-refractivity contribution < 1.29 is 9.53 Å². The summed E-state index contributed by atoms with van der Waals surface area (Å²) in [6, 6.07) is 0.107. The van der Waals surface area contributed by atoms with Gasteiger partial charge in [0, 0.05) is 18.6 Å². The fourth-order valence-electron chi connectivity index (χ4n) is 2.28. The van der Waals surface area contributed by atoms with Gasteiger partial charge in [0.2, 0.25) is 0 Å². The monoisotopic (exact) mass is 287 g/mol. The zero-order valence-corrected chi connectivity index (χ0v) is 14.0. The zero-order chi connectivity index (χ0) is 15.8. The molecule has 2 unspecified atom stereocenters. The van der Waals surface area contributed by atoms with Gasteiger partial charge in [0.15, 0.2) is 0 Å². The minimum absolute atomic E-state index is 0.0343. The fraction of sp³-hybridized carbons (Fsp3) is 0.933. The van der Waals surface area contributed by atoms with Crippen molar-refractivity contribution in [3.8, 4) is 0 Å². The van der Waals surface area contributed by atoms with E-state index in [1.165, 1.54) is 0 Å². The molecular weight excluding hydrogens is 254 g/mol. The fourth-order valence-corrected chi connectivity index (χ4v) is 2.28. The summed E-state index contributed by atoms with van der Waals surface area (Å²) < 4.78 is 5.29. The molecule has 20 heavy (non-hydrogen) atoms. The summed E-state index contributed by atoms with van der Waals surface area (Å²) in [5, 5.41) is 2.90. The van der Waals surface area contributed by atoms with E-state index < -0.39 is 5.60 Å². The molecule has 0 aromatic carbocycles. The van der Waals surface area contributed by atoms with E-state index in [0.717, 1.165) is 25.9 Å². The Morgan fingerprint density at radius 1 is 1.25 bits per heavy atom. The number of carbonyl (C=O) groups excluding carboxylic acids is 1. The summed E-state index contributed by atoms with van der Waals surface area (Å²) in [7, 11) is 0. The molecule has 0 aliphatic rings. The molecule has 2 atom stereocenters. The standard InChI is InChI=1S/C15H33N3O2/c1-7-9-18(10-8-2)13(11-16)12(3)17-14(19)20-15(4,5)6/h12-13H,7-11,16H2,1-6H3,(H,17,19). The number of nitrogens with zero attached hydrogens (tertiary/aromatic N) is 1. The summed E-state index contributed by atoms with van der Waals surface area (Å²) >= 11 is 0. The molecule has 0 spiro atoms. The van der Waals surface area contributed by atoms with Crippen LogP contribution >= 0.6 is 0 Å². The van der Waals surface area contributed by atoms with Crippen molar-refractivity contribution in [2.45, 2.75) is 72.1 Å². The lowest BCUT2D eigenvalue weighted by Gasteiger charge is -2.35. The van der Waals surface area contributed by atoms with Gasteiger partial charge in [-0.2, -0.15) is 0 Å². The molecule has 3 N–H and O–H groups in total. The van der Waals surface area contributed by atoms with Crippen molar-refractivity contribution in [1.82, 2.24) is 10.2 Å². The largest absolute Gasteiger partial charge is 0.444 e. The van der Waals surface area contributed by atoms with Crippen LogP contribution in [0.4, 0.5) is 4.79 Å². The molecule has 0 heterocycles. The molecule has 0 bridgehead atoms. The molecule has 5 nitrogen and oxygen atoms in total. The Kier molecular flexibility index (Phi) is 8.81. The van der Waals surface area contributed by atoms with Gasteiger partial charge in [0.1, 0.15) is 5.60 Å². The summed E-state index contributed by atoms with van der Waals surface area (Å²) in [5.41, 5.74) is 5.43.